The molecule has 0 saturated carbocycles. The third-order valence-electron chi connectivity index (χ3n) is 16.0. The number of anilines is 3. The van der Waals surface area contributed by atoms with Crippen LogP contribution in [0.3, 0.4) is 0 Å². The smallest absolute Gasteiger partial charge is 0.143 e. The molecule has 0 bridgehead atoms. The molecule has 0 spiro atoms. The van der Waals surface area contributed by atoms with E-state index >= 15 is 0 Å². The minimum atomic E-state index is 0.903. The molecule has 2 nitrogen and oxygen atoms in total. The van der Waals surface area contributed by atoms with E-state index in [0.717, 1.165) is 49.8 Å². The second-order valence-electron chi connectivity index (χ2n) is 19.2. The fraction of sp³-hybridized carbons (Fsp3) is 0. The van der Waals surface area contributed by atoms with Gasteiger partial charge in [-0.2, -0.15) is 0 Å². The van der Waals surface area contributed by atoms with Gasteiger partial charge in [0.1, 0.15) is 113 Å². The fourth-order valence-electron chi connectivity index (χ4n) is 11.4. The zero-order valence-corrected chi connectivity index (χ0v) is 41.6. The van der Waals surface area contributed by atoms with Gasteiger partial charge in [0.25, 0.3) is 0 Å². The van der Waals surface area contributed by atoms with Gasteiger partial charge in [0.2, 0.25) is 0 Å². The molecule has 0 aliphatic carbocycles. The maximum absolute atomic E-state index is 6.62. The van der Waals surface area contributed by atoms with E-state index in [-0.39, 0.29) is 0 Å². The minimum Gasteiger partial charge on any atom is -0.455 e. The summed E-state index contributed by atoms with van der Waals surface area (Å²) in [4.78, 5) is 2.52. The van der Waals surface area contributed by atoms with Gasteiger partial charge in [-0.05, 0) is 74.7 Å². The number of benzene rings is 9. The topological polar surface area (TPSA) is 16.4 Å². The number of para-hydroxylation sites is 1. The number of rotatable bonds is 7. The van der Waals surface area contributed by atoms with Crippen LogP contribution in [0.1, 0.15) is 0 Å². The Morgan fingerprint density at radius 3 is 1.39 bits per heavy atom. The van der Waals surface area contributed by atoms with Crippen LogP contribution in [0.15, 0.2) is 138 Å². The first-order valence-electron chi connectivity index (χ1n) is 23.9. The molecule has 67 heavy (non-hydrogen) atoms. The van der Waals surface area contributed by atoms with Crippen LogP contribution >= 0.6 is 0 Å². The molecule has 0 aliphatic rings. The summed E-state index contributed by atoms with van der Waals surface area (Å²) in [5.74, 6) is 0. The summed E-state index contributed by atoms with van der Waals surface area (Å²) < 4.78 is 6.62. The standard InChI is InChI=1S/C52H48B13NO/c53-38-34(36-42(57)46(61)48(63)47(62)43(36)58)39(54)41(56)35(40(38)55)37-44(59)49(64)51(50(65)45(37)60)66(31-15-7-6-12-27(31)23-9-2-1-3-10-23)26-20-17-25(18-21-26)28-14-8-16-32-33(28)30-22-19-24-11-4-5-13-29(24)52(30)67-32/h1-22H,53-65H2. The number of fused-ring (bicyclic) bond motifs is 5. The van der Waals surface area contributed by atoms with E-state index in [1.165, 1.54) is 115 Å². The monoisotopic (exact) mass is 845 g/mol. The van der Waals surface area contributed by atoms with Crippen molar-refractivity contribution in [3.8, 4) is 44.5 Å². The first kappa shape index (κ1) is 44.5. The van der Waals surface area contributed by atoms with Crippen molar-refractivity contribution in [3.63, 3.8) is 0 Å². The summed E-state index contributed by atoms with van der Waals surface area (Å²) in [5.41, 5.74) is 33.2. The van der Waals surface area contributed by atoms with Gasteiger partial charge in [0.15, 0.2) is 0 Å². The number of hydrogen-bond donors (Lipinski definition) is 0. The molecular weight excluding hydrogens is 795 g/mol. The van der Waals surface area contributed by atoms with Gasteiger partial charge in [0.05, 0.1) is 5.69 Å². The molecule has 9 aromatic carbocycles. The van der Waals surface area contributed by atoms with Gasteiger partial charge in [-0.25, -0.2) is 0 Å². The summed E-state index contributed by atoms with van der Waals surface area (Å²) in [6.45, 7) is 0. The van der Waals surface area contributed by atoms with Crippen LogP contribution < -0.4 is 75.9 Å². The Morgan fingerprint density at radius 2 is 0.791 bits per heavy atom. The molecule has 0 atom stereocenters. The molecule has 10 aromatic rings. The van der Waals surface area contributed by atoms with Crippen LogP contribution in [0.25, 0.3) is 77.2 Å². The highest BCUT2D eigenvalue weighted by Crippen LogP contribution is 2.42. The molecule has 0 fully saturated rings. The Labute approximate surface area is 407 Å². The van der Waals surface area contributed by atoms with Gasteiger partial charge in [0, 0.05) is 33.1 Å². The number of nitrogens with zero attached hydrogens (tertiary/aromatic N) is 1. The van der Waals surface area contributed by atoms with Crippen LogP contribution in [-0.2, 0) is 0 Å². The zero-order valence-electron chi connectivity index (χ0n) is 41.6. The number of hydrogen-bond acceptors (Lipinski definition) is 2. The van der Waals surface area contributed by atoms with Crippen molar-refractivity contribution in [2.45, 2.75) is 0 Å². The average Bonchev–Trinajstić information content (AvgIpc) is 3.75. The first-order valence-corrected chi connectivity index (χ1v) is 23.9. The molecule has 0 saturated heterocycles. The van der Waals surface area contributed by atoms with E-state index < -0.39 is 0 Å². The summed E-state index contributed by atoms with van der Waals surface area (Å²) in [6.07, 6.45) is 0. The first-order chi connectivity index (χ1) is 32.2. The van der Waals surface area contributed by atoms with Crippen molar-refractivity contribution in [1.82, 2.24) is 0 Å². The van der Waals surface area contributed by atoms with Gasteiger partial charge < -0.3 is 9.32 Å². The van der Waals surface area contributed by atoms with Crippen molar-refractivity contribution >= 4 is 223 Å². The highest BCUT2D eigenvalue weighted by Gasteiger charge is 2.27. The summed E-state index contributed by atoms with van der Waals surface area (Å²) in [7, 11) is 30.3. The summed E-state index contributed by atoms with van der Waals surface area (Å²) in [5, 5.41) is 4.61. The van der Waals surface area contributed by atoms with Gasteiger partial charge >= 0.3 is 0 Å². The molecule has 15 heteroatoms. The molecule has 0 N–H and O–H groups in total. The van der Waals surface area contributed by atoms with E-state index in [1.54, 1.807) is 0 Å². The van der Waals surface area contributed by atoms with E-state index in [1.807, 2.05) is 0 Å². The Morgan fingerprint density at radius 1 is 0.328 bits per heavy atom. The van der Waals surface area contributed by atoms with Crippen LogP contribution in [0.5, 0.6) is 0 Å². The third-order valence-corrected chi connectivity index (χ3v) is 16.0. The molecule has 0 radical (unpaired) electrons. The molecule has 0 unspecified atom stereocenters. The normalized spacial score (nSPS) is 11.5. The van der Waals surface area contributed by atoms with Crippen molar-refractivity contribution in [2.75, 3.05) is 4.90 Å². The SMILES string of the molecule is Bc1c(B)c(B)c(-c2c(B)c(B)c(-c3c(B)c(B)c(N(c4ccc(-c5cccc6oc7c8ccccc8ccc7c56)cc4)c4ccccc4-c4ccccc4)c(B)c3B)c(B)c2B)c(B)c1B. The largest absolute Gasteiger partial charge is 0.455 e. The maximum Gasteiger partial charge on any atom is 0.143 e. The summed E-state index contributed by atoms with van der Waals surface area (Å²) in [6, 6.07) is 48.3. The van der Waals surface area contributed by atoms with E-state index in [2.05, 4.69) is 240 Å². The molecule has 0 aliphatic heterocycles. The second kappa shape index (κ2) is 17.1. The quantitative estimate of drug-likeness (QED) is 0.149. The second-order valence-corrected chi connectivity index (χ2v) is 19.2. The van der Waals surface area contributed by atoms with Crippen LogP contribution in [0.2, 0.25) is 0 Å². The Hall–Kier alpha value is -6.32. The Bertz CT molecular complexity index is 3600. The lowest BCUT2D eigenvalue weighted by atomic mass is 9.55. The van der Waals surface area contributed by atoms with Gasteiger partial charge in [-0.1, -0.05) is 158 Å². The Kier molecular flexibility index (Phi) is 11.4. The predicted molar refractivity (Wildman–Crippen MR) is 334 cm³/mol. The van der Waals surface area contributed by atoms with Crippen molar-refractivity contribution in [2.24, 2.45) is 0 Å². The van der Waals surface area contributed by atoms with Gasteiger partial charge in [-0.3, -0.25) is 0 Å². The lowest BCUT2D eigenvalue weighted by molar-refractivity contribution is 0.673. The molecule has 1 heterocycles. The average molecular weight is 844 g/mol. The highest BCUT2D eigenvalue weighted by atomic mass is 16.3. The molecule has 1 aromatic heterocycles. The van der Waals surface area contributed by atoms with Crippen LogP contribution in [0, 0.1) is 0 Å². The lowest BCUT2D eigenvalue weighted by Gasteiger charge is -2.35. The van der Waals surface area contributed by atoms with Crippen LogP contribution in [0.4, 0.5) is 17.1 Å². The number of furan rings is 1. The van der Waals surface area contributed by atoms with Crippen molar-refractivity contribution in [3.05, 3.63) is 133 Å². The summed E-state index contributed by atoms with van der Waals surface area (Å²) >= 11 is 0. The Balaban J connectivity index is 1.17. The third kappa shape index (κ3) is 6.98. The molecule has 10 rings (SSSR count). The maximum atomic E-state index is 6.62. The minimum absolute atomic E-state index is 0.903. The van der Waals surface area contributed by atoms with Crippen molar-refractivity contribution in [1.29, 1.82) is 0 Å². The van der Waals surface area contributed by atoms with E-state index in [0.29, 0.717) is 0 Å². The van der Waals surface area contributed by atoms with Crippen LogP contribution in [-0.4, -0.2) is 102 Å². The lowest BCUT2D eigenvalue weighted by Crippen LogP contribution is -2.57. The molecular formula is C52H48B13NO. The highest BCUT2D eigenvalue weighted by molar-refractivity contribution is 6.72. The van der Waals surface area contributed by atoms with E-state index in [9.17, 15) is 0 Å². The van der Waals surface area contributed by atoms with Gasteiger partial charge in [-0.15, -0.1) is 16.4 Å². The fourth-order valence-corrected chi connectivity index (χ4v) is 11.4. The zero-order chi connectivity index (χ0) is 47.2. The molecule has 0 amide bonds. The molecule has 306 valence electrons. The van der Waals surface area contributed by atoms with E-state index in [4.69, 9.17) is 4.42 Å². The van der Waals surface area contributed by atoms with Crippen molar-refractivity contribution < 1.29 is 4.42 Å². The predicted octanol–water partition coefficient (Wildman–Crippen LogP) is -7.76.